The summed E-state index contributed by atoms with van der Waals surface area (Å²) in [5.74, 6) is 0.244. The fraction of sp³-hybridized carbons (Fsp3) is 0.0714. The van der Waals surface area contributed by atoms with Gasteiger partial charge in [-0.2, -0.15) is 0 Å². The van der Waals surface area contributed by atoms with Crippen molar-refractivity contribution in [3.8, 4) is 0 Å². The number of hydrogen-bond acceptors (Lipinski definition) is 2. The van der Waals surface area contributed by atoms with Gasteiger partial charge in [0.2, 0.25) is 5.78 Å². The summed E-state index contributed by atoms with van der Waals surface area (Å²) < 4.78 is 6.89. The predicted molar refractivity (Wildman–Crippen MR) is 75.0 cm³/mol. The van der Waals surface area contributed by atoms with Gasteiger partial charge in [0.1, 0.15) is 0 Å². The molecule has 0 N–H and O–H groups in total. The van der Waals surface area contributed by atoms with E-state index in [2.05, 4.69) is 0 Å². The van der Waals surface area contributed by atoms with Gasteiger partial charge in [-0.05, 0) is 30.3 Å². The first-order valence-corrected chi connectivity index (χ1v) is 6.41. The lowest BCUT2D eigenvalue weighted by molar-refractivity contribution is 0.0946. The first-order valence-electron chi connectivity index (χ1n) is 5.66. The van der Waals surface area contributed by atoms with Crippen LogP contribution in [0, 0.1) is 0 Å². The van der Waals surface area contributed by atoms with Gasteiger partial charge in [0.25, 0.3) is 0 Å². The van der Waals surface area contributed by atoms with E-state index in [-0.39, 0.29) is 12.3 Å². The Morgan fingerprint density at radius 3 is 2.84 bits per heavy atom. The van der Waals surface area contributed by atoms with Gasteiger partial charge in [-0.3, -0.25) is 4.79 Å². The predicted octanol–water partition coefficient (Wildman–Crippen LogP) is 4.42. The number of halogens is 2. The summed E-state index contributed by atoms with van der Waals surface area (Å²) in [4.78, 5) is 12.0. The van der Waals surface area contributed by atoms with Crippen molar-refractivity contribution in [2.75, 3.05) is 0 Å². The molecule has 5 heteroatoms. The van der Waals surface area contributed by atoms with Gasteiger partial charge in [-0.25, -0.2) is 0 Å². The molecule has 0 spiro atoms. The second-order valence-corrected chi connectivity index (χ2v) is 5.01. The van der Waals surface area contributed by atoms with Gasteiger partial charge >= 0.3 is 0 Å². The number of fused-ring (bicyclic) bond motifs is 1. The summed E-state index contributed by atoms with van der Waals surface area (Å²) in [6, 6.07) is 8.68. The summed E-state index contributed by atoms with van der Waals surface area (Å²) in [5.41, 5.74) is 0.831. The maximum atomic E-state index is 12.0. The van der Waals surface area contributed by atoms with Crippen molar-refractivity contribution in [2.24, 2.45) is 0 Å². The highest BCUT2D eigenvalue weighted by Crippen LogP contribution is 2.28. The van der Waals surface area contributed by atoms with Crippen LogP contribution < -0.4 is 0 Å². The quantitative estimate of drug-likeness (QED) is 0.670. The summed E-state index contributed by atoms with van der Waals surface area (Å²) in [6.45, 7) is 0.188. The number of Topliss-reactive ketones (excluding diaryl/α,β-unsaturated/α-hetero) is 1. The number of carbonyl (C=O) groups excluding carboxylic acids is 1. The number of furan rings is 1. The average molecular weight is 294 g/mol. The summed E-state index contributed by atoms with van der Waals surface area (Å²) in [5, 5.41) is 1.99. The summed E-state index contributed by atoms with van der Waals surface area (Å²) >= 11 is 12.1. The number of ketones is 1. The topological polar surface area (TPSA) is 35.1 Å². The van der Waals surface area contributed by atoms with Crippen molar-refractivity contribution in [3.05, 3.63) is 58.6 Å². The van der Waals surface area contributed by atoms with E-state index in [1.54, 1.807) is 28.8 Å². The number of rotatable bonds is 3. The number of carbonyl (C=O) groups is 1. The van der Waals surface area contributed by atoms with Crippen LogP contribution >= 0.6 is 23.2 Å². The number of aromatic nitrogens is 1. The minimum atomic E-state index is -0.0985. The molecule has 0 aliphatic rings. The first-order chi connectivity index (χ1) is 9.15. The Bertz CT molecular complexity index is 744. The van der Waals surface area contributed by atoms with Crippen LogP contribution in [0.15, 0.2) is 47.2 Å². The van der Waals surface area contributed by atoms with Gasteiger partial charge in [0, 0.05) is 16.6 Å². The third-order valence-corrected chi connectivity index (χ3v) is 3.44. The molecule has 0 radical (unpaired) electrons. The Hall–Kier alpha value is -1.71. The van der Waals surface area contributed by atoms with Crippen LogP contribution in [0.25, 0.3) is 10.9 Å². The van der Waals surface area contributed by atoms with E-state index < -0.39 is 0 Å². The van der Waals surface area contributed by atoms with E-state index in [1.807, 2.05) is 12.3 Å². The molecule has 0 fully saturated rings. The Labute approximate surface area is 119 Å². The zero-order valence-corrected chi connectivity index (χ0v) is 11.3. The lowest BCUT2D eigenvalue weighted by Gasteiger charge is -2.04. The van der Waals surface area contributed by atoms with E-state index in [0.29, 0.717) is 15.8 Å². The van der Waals surface area contributed by atoms with Crippen LogP contribution in [-0.2, 0) is 6.54 Å². The first kappa shape index (κ1) is 12.3. The minimum Gasteiger partial charge on any atom is -0.461 e. The van der Waals surface area contributed by atoms with E-state index in [4.69, 9.17) is 27.6 Å². The number of benzene rings is 1. The lowest BCUT2D eigenvalue weighted by atomic mass is 10.2. The standard InChI is InChI=1S/C14H9Cl2NO2/c15-9-6-11(16)10-3-4-17(12(10)7-9)8-13(18)14-2-1-5-19-14/h1-7H,8H2. The Morgan fingerprint density at radius 2 is 2.11 bits per heavy atom. The largest absolute Gasteiger partial charge is 0.461 e. The third kappa shape index (κ3) is 2.27. The number of hydrogen-bond donors (Lipinski definition) is 0. The lowest BCUT2D eigenvalue weighted by Crippen LogP contribution is -2.08. The molecule has 0 unspecified atom stereocenters. The Morgan fingerprint density at radius 1 is 1.26 bits per heavy atom. The molecule has 2 aromatic heterocycles. The SMILES string of the molecule is O=C(Cn1ccc2c(Cl)cc(Cl)cc21)c1ccco1. The molecule has 0 aliphatic heterocycles. The summed E-state index contributed by atoms with van der Waals surface area (Å²) in [6.07, 6.45) is 3.29. The van der Waals surface area contributed by atoms with Crippen LogP contribution in [-0.4, -0.2) is 10.4 Å². The van der Waals surface area contributed by atoms with Gasteiger partial charge in [0.05, 0.1) is 23.3 Å². The molecule has 0 aliphatic carbocycles. The zero-order chi connectivity index (χ0) is 13.4. The maximum absolute atomic E-state index is 12.0. The van der Waals surface area contributed by atoms with E-state index in [9.17, 15) is 4.79 Å². The van der Waals surface area contributed by atoms with Crippen molar-refractivity contribution in [1.82, 2.24) is 4.57 Å². The van der Waals surface area contributed by atoms with Crippen molar-refractivity contribution < 1.29 is 9.21 Å². The fourth-order valence-electron chi connectivity index (χ4n) is 2.03. The number of nitrogens with zero attached hydrogens (tertiary/aromatic N) is 1. The van der Waals surface area contributed by atoms with Crippen LogP contribution in [0.1, 0.15) is 10.6 Å². The van der Waals surface area contributed by atoms with Crippen molar-refractivity contribution in [3.63, 3.8) is 0 Å². The molecule has 19 heavy (non-hydrogen) atoms. The van der Waals surface area contributed by atoms with E-state index in [1.165, 1.54) is 6.26 Å². The molecule has 3 nitrogen and oxygen atoms in total. The average Bonchev–Trinajstić information content (AvgIpc) is 2.99. The van der Waals surface area contributed by atoms with E-state index >= 15 is 0 Å². The molecule has 3 aromatic rings. The molecule has 1 aromatic carbocycles. The Kier molecular flexibility index (Phi) is 3.09. The normalized spacial score (nSPS) is 11.1. The van der Waals surface area contributed by atoms with Gasteiger partial charge in [-0.15, -0.1) is 0 Å². The highest BCUT2D eigenvalue weighted by atomic mass is 35.5. The molecule has 0 atom stereocenters. The van der Waals surface area contributed by atoms with Crippen molar-refractivity contribution >= 4 is 39.9 Å². The van der Waals surface area contributed by atoms with Crippen LogP contribution in [0.4, 0.5) is 0 Å². The molecule has 0 bridgehead atoms. The Balaban J connectivity index is 2.00. The molecule has 0 saturated heterocycles. The van der Waals surface area contributed by atoms with Crippen LogP contribution in [0.3, 0.4) is 0 Å². The highest BCUT2D eigenvalue weighted by molar-refractivity contribution is 6.38. The zero-order valence-electron chi connectivity index (χ0n) is 9.77. The highest BCUT2D eigenvalue weighted by Gasteiger charge is 2.12. The summed E-state index contributed by atoms with van der Waals surface area (Å²) in [7, 11) is 0. The fourth-order valence-corrected chi connectivity index (χ4v) is 2.57. The van der Waals surface area contributed by atoms with Crippen molar-refractivity contribution in [2.45, 2.75) is 6.54 Å². The molecule has 0 saturated carbocycles. The molecular weight excluding hydrogens is 285 g/mol. The second-order valence-electron chi connectivity index (χ2n) is 4.16. The molecule has 2 heterocycles. The smallest absolute Gasteiger partial charge is 0.217 e. The molecular formula is C14H9Cl2NO2. The van der Waals surface area contributed by atoms with Crippen molar-refractivity contribution in [1.29, 1.82) is 0 Å². The third-order valence-electron chi connectivity index (χ3n) is 2.91. The molecule has 0 amide bonds. The minimum absolute atomic E-state index is 0.0985. The van der Waals surface area contributed by atoms with Gasteiger partial charge < -0.3 is 8.98 Å². The van der Waals surface area contributed by atoms with Crippen LogP contribution in [0.5, 0.6) is 0 Å². The second kappa shape index (κ2) is 4.76. The van der Waals surface area contributed by atoms with Crippen LogP contribution in [0.2, 0.25) is 10.0 Å². The van der Waals surface area contributed by atoms with Gasteiger partial charge in [0.15, 0.2) is 5.76 Å². The monoisotopic (exact) mass is 293 g/mol. The molecule has 96 valence electrons. The maximum Gasteiger partial charge on any atom is 0.217 e. The van der Waals surface area contributed by atoms with E-state index in [0.717, 1.165) is 10.9 Å². The van der Waals surface area contributed by atoms with Gasteiger partial charge in [-0.1, -0.05) is 23.2 Å². The molecule has 3 rings (SSSR count).